The molecule has 3 aromatic carbocycles. The minimum atomic E-state index is -1.53. The van der Waals surface area contributed by atoms with E-state index in [1.807, 2.05) is 110 Å². The predicted octanol–water partition coefficient (Wildman–Crippen LogP) is 5.10. The zero-order valence-electron chi connectivity index (χ0n) is 29.1. The van der Waals surface area contributed by atoms with Gasteiger partial charge in [-0.1, -0.05) is 119 Å². The number of rotatable bonds is 6. The molecule has 10 nitrogen and oxygen atoms in total. The zero-order chi connectivity index (χ0) is 36.6. The lowest BCUT2D eigenvalue weighted by Crippen LogP contribution is -2.56. The van der Waals surface area contributed by atoms with Gasteiger partial charge in [0.25, 0.3) is 0 Å². The van der Waals surface area contributed by atoms with Crippen LogP contribution in [0.5, 0.6) is 0 Å². The summed E-state index contributed by atoms with van der Waals surface area (Å²) in [5, 5.41) is 10.9. The maximum atomic E-state index is 15.2. The van der Waals surface area contributed by atoms with E-state index < -0.39 is 66.3 Å². The van der Waals surface area contributed by atoms with Gasteiger partial charge in [0.05, 0.1) is 24.6 Å². The lowest BCUT2D eigenvalue weighted by molar-refractivity contribution is -0.164. The average Bonchev–Trinajstić information content (AvgIpc) is 3.76. The Bertz CT molecular complexity index is 1870. The lowest BCUT2D eigenvalue weighted by atomic mass is 9.74. The number of hydrogen-bond acceptors (Lipinski definition) is 7. The van der Waals surface area contributed by atoms with Crippen molar-refractivity contribution < 1.29 is 33.8 Å². The van der Waals surface area contributed by atoms with Crippen molar-refractivity contribution in [2.75, 3.05) is 20.2 Å². The molecule has 0 saturated carbocycles. The number of esters is 1. The summed E-state index contributed by atoms with van der Waals surface area (Å²) in [6, 6.07) is 25.2. The van der Waals surface area contributed by atoms with E-state index in [-0.39, 0.29) is 31.3 Å². The van der Waals surface area contributed by atoms with Crippen LogP contribution >= 0.6 is 15.9 Å². The van der Waals surface area contributed by atoms with E-state index in [0.717, 1.165) is 5.56 Å². The number of ether oxygens (including phenoxy) is 2. The van der Waals surface area contributed by atoms with Crippen molar-refractivity contribution in [2.24, 2.45) is 11.8 Å². The number of halogens is 1. The number of hydrogen-bond donors (Lipinski definition) is 1. The first-order valence-electron chi connectivity index (χ1n) is 17.7. The molecule has 1 N–H and O–H groups in total. The molecule has 5 bridgehead atoms. The van der Waals surface area contributed by atoms with Crippen molar-refractivity contribution in [1.82, 2.24) is 14.7 Å². The highest BCUT2D eigenvalue weighted by molar-refractivity contribution is 9.11. The largest absolute Gasteiger partial charge is 0.455 e. The number of cyclic esters (lactones) is 1. The fourth-order valence-electron chi connectivity index (χ4n) is 8.20. The molecule has 1 spiro atoms. The van der Waals surface area contributed by atoms with E-state index in [1.54, 1.807) is 22.9 Å². The quantitative estimate of drug-likeness (QED) is 0.274. The van der Waals surface area contributed by atoms with Crippen LogP contribution in [0.2, 0.25) is 0 Å². The maximum Gasteiger partial charge on any atom is 0.313 e. The third kappa shape index (κ3) is 6.28. The summed E-state index contributed by atoms with van der Waals surface area (Å²) in [6.45, 7) is 1.80. The Hall–Kier alpha value is -4.58. The second-order valence-corrected chi connectivity index (χ2v) is 14.8. The van der Waals surface area contributed by atoms with E-state index >= 15 is 9.59 Å². The van der Waals surface area contributed by atoms with E-state index in [4.69, 9.17) is 9.47 Å². The summed E-state index contributed by atoms with van der Waals surface area (Å²) < 4.78 is 13.6. The molecular formula is C41H42BrN3O7. The first-order chi connectivity index (χ1) is 25.2. The van der Waals surface area contributed by atoms with Gasteiger partial charge < -0.3 is 29.3 Å². The number of likely N-dealkylation sites (tertiary alicyclic amines) is 1. The van der Waals surface area contributed by atoms with Crippen LogP contribution in [0.1, 0.15) is 48.6 Å². The van der Waals surface area contributed by atoms with E-state index in [2.05, 4.69) is 15.9 Å². The summed E-state index contributed by atoms with van der Waals surface area (Å²) in [5.41, 5.74) is 0.695. The number of allylic oxidation sites excluding steroid dienone is 1. The Morgan fingerprint density at radius 1 is 0.885 bits per heavy atom. The van der Waals surface area contributed by atoms with Crippen LogP contribution < -0.4 is 0 Å². The first kappa shape index (κ1) is 35.8. The maximum absolute atomic E-state index is 15.2. The van der Waals surface area contributed by atoms with Gasteiger partial charge in [0.15, 0.2) is 0 Å². The number of carbonyl (C=O) groups is 4. The zero-order valence-corrected chi connectivity index (χ0v) is 30.7. The third-order valence-corrected chi connectivity index (χ3v) is 11.6. The Morgan fingerprint density at radius 3 is 2.21 bits per heavy atom. The number of fused-ring (bicyclic) bond motifs is 2. The molecule has 0 aliphatic carbocycles. The van der Waals surface area contributed by atoms with Crippen molar-refractivity contribution >= 4 is 39.6 Å². The van der Waals surface area contributed by atoms with Crippen molar-refractivity contribution in [3.63, 3.8) is 0 Å². The van der Waals surface area contributed by atoms with Crippen LogP contribution in [0.4, 0.5) is 0 Å². The number of likely N-dealkylation sites (N-methyl/N-ethyl adjacent to an activating group) is 1. The smallest absolute Gasteiger partial charge is 0.313 e. The highest BCUT2D eigenvalue weighted by Crippen LogP contribution is 2.60. The van der Waals surface area contributed by atoms with Gasteiger partial charge in [0.2, 0.25) is 17.7 Å². The highest BCUT2D eigenvalue weighted by Gasteiger charge is 2.75. The van der Waals surface area contributed by atoms with Crippen molar-refractivity contribution in [3.8, 4) is 0 Å². The van der Waals surface area contributed by atoms with Crippen LogP contribution in [-0.2, 0) is 35.2 Å². The van der Waals surface area contributed by atoms with Crippen LogP contribution in [0.15, 0.2) is 114 Å². The number of benzene rings is 3. The molecule has 2 fully saturated rings. The van der Waals surface area contributed by atoms with Gasteiger partial charge in [0.1, 0.15) is 29.8 Å². The average molecular weight is 769 g/mol. The van der Waals surface area contributed by atoms with Gasteiger partial charge in [-0.15, -0.1) is 0 Å². The van der Waals surface area contributed by atoms with Crippen LogP contribution in [-0.4, -0.2) is 87.5 Å². The fraction of sp³-hybridized carbons (Fsp3) is 0.366. The first-order valence-corrected chi connectivity index (χ1v) is 18.5. The Morgan fingerprint density at radius 2 is 1.54 bits per heavy atom. The summed E-state index contributed by atoms with van der Waals surface area (Å²) in [7, 11) is 1.70. The Kier molecular flexibility index (Phi) is 10.2. The Balaban J connectivity index is 1.37. The van der Waals surface area contributed by atoms with Crippen LogP contribution in [0.3, 0.4) is 0 Å². The van der Waals surface area contributed by atoms with Gasteiger partial charge >= 0.3 is 5.97 Å². The molecule has 3 aromatic rings. The van der Waals surface area contributed by atoms with Crippen molar-refractivity contribution in [3.05, 3.63) is 130 Å². The molecule has 0 aromatic heterocycles. The summed E-state index contributed by atoms with van der Waals surface area (Å²) in [4.78, 5) is 63.0. The summed E-state index contributed by atoms with van der Waals surface area (Å²) >= 11 is 3.63. The lowest BCUT2D eigenvalue weighted by Gasteiger charge is -2.39. The topological polar surface area (TPSA) is 117 Å². The number of nitrogens with zero attached hydrogens (tertiary/aromatic N) is 3. The second-order valence-electron chi connectivity index (χ2n) is 13.9. The number of aliphatic hydroxyl groups is 1. The molecule has 7 rings (SSSR count). The summed E-state index contributed by atoms with van der Waals surface area (Å²) in [5.74, 6) is -3.88. The second kappa shape index (κ2) is 14.8. The molecule has 270 valence electrons. The monoisotopic (exact) mass is 767 g/mol. The molecular weight excluding hydrogens is 726 g/mol. The van der Waals surface area contributed by atoms with E-state index in [9.17, 15) is 14.7 Å². The van der Waals surface area contributed by atoms with Gasteiger partial charge in [0, 0.05) is 31.0 Å². The minimum Gasteiger partial charge on any atom is -0.455 e. The molecule has 52 heavy (non-hydrogen) atoms. The van der Waals surface area contributed by atoms with Gasteiger partial charge in [-0.3, -0.25) is 19.2 Å². The molecule has 4 heterocycles. The van der Waals surface area contributed by atoms with Gasteiger partial charge in [-0.05, 0) is 36.1 Å². The van der Waals surface area contributed by atoms with Crippen LogP contribution in [0.25, 0.3) is 0 Å². The van der Waals surface area contributed by atoms with Crippen molar-refractivity contribution in [2.45, 2.75) is 62.2 Å². The molecule has 4 aliphatic heterocycles. The number of amides is 3. The Labute approximate surface area is 311 Å². The van der Waals surface area contributed by atoms with E-state index in [1.165, 1.54) is 4.90 Å². The minimum absolute atomic E-state index is 0.121. The number of carbonyl (C=O) groups excluding carboxylic acids is 4. The fourth-order valence-corrected chi connectivity index (χ4v) is 8.94. The summed E-state index contributed by atoms with van der Waals surface area (Å²) in [6.07, 6.45) is 4.44. The molecule has 4 aliphatic rings. The van der Waals surface area contributed by atoms with E-state index in [0.29, 0.717) is 22.0 Å². The molecule has 11 heteroatoms. The van der Waals surface area contributed by atoms with Crippen molar-refractivity contribution in [1.29, 1.82) is 0 Å². The SMILES string of the molecule is C[C@@H]1[C@@H](c2ccccc2)OC(=O)[C@@H]2[C@H]3O[C@@]4(C=C3Br)[C@H](C(=O)N(Cc3ccccc3)C/C=C\CCC(=O)N1C)N([C@H](CO)c1ccccc1)C(=O)[C@@H]24. The van der Waals surface area contributed by atoms with Crippen LogP contribution in [0, 0.1) is 11.8 Å². The molecule has 2 saturated heterocycles. The highest BCUT2D eigenvalue weighted by atomic mass is 79.9. The third-order valence-electron chi connectivity index (χ3n) is 10.9. The normalized spacial score (nSPS) is 30.6. The van der Waals surface area contributed by atoms with Gasteiger partial charge in [-0.2, -0.15) is 0 Å². The standard InChI is InChI=1S/C41H42BrN3O7/c1-26-35(29-19-11-5-12-20-29)51-40(50)33-34-38(48)45(31(25-46)28-17-9-4-10-18-28)37(41(34)23-30(42)36(33)52-41)39(49)44(24-27-15-7-3-8-16-27)22-14-6-13-21-32(47)43(26)2/h3-12,14-20,23,26,31,33-37,46H,13,21-22,24-25H2,1-2H3/b14-6-/t26-,31-,33+,34-,35+,36+,37+,41-/m1/s1. The predicted molar refractivity (Wildman–Crippen MR) is 196 cm³/mol. The molecule has 0 radical (unpaired) electrons. The number of aliphatic hydroxyl groups excluding tert-OH is 1. The molecule has 0 unspecified atom stereocenters. The molecule has 3 amide bonds. The van der Waals surface area contributed by atoms with Gasteiger partial charge in [-0.25, -0.2) is 0 Å². The molecule has 8 atom stereocenters.